The van der Waals surface area contributed by atoms with Gasteiger partial charge in [-0.05, 0) is 0 Å². The van der Waals surface area contributed by atoms with Crippen LogP contribution in [-0.2, 0) is 0 Å². The number of halogens is 1. The van der Waals surface area contributed by atoms with Gasteiger partial charge >= 0.3 is 0 Å². The molecular weight excluding hydrogens is 272 g/mol. The summed E-state index contributed by atoms with van der Waals surface area (Å²) in [5, 5.41) is 0. The van der Waals surface area contributed by atoms with Gasteiger partial charge in [0.05, 0.1) is 0 Å². The molecule has 0 spiro atoms. The standard InChI is InChI=1S/C16H34.BrH/c1-3-5-7-9-11-13-15-16-14-12-10-8-6-4-2;/h3-16H2,1-2H3;1H. The fourth-order valence-electron chi connectivity index (χ4n) is 2.27. The summed E-state index contributed by atoms with van der Waals surface area (Å²) >= 11 is 0. The summed E-state index contributed by atoms with van der Waals surface area (Å²) in [5.74, 6) is 0. The van der Waals surface area contributed by atoms with Crippen LogP contribution in [0.25, 0.3) is 0 Å². The van der Waals surface area contributed by atoms with E-state index in [1.165, 1.54) is 89.9 Å². The van der Waals surface area contributed by atoms with Crippen LogP contribution in [-0.4, -0.2) is 0 Å². The summed E-state index contributed by atoms with van der Waals surface area (Å²) in [7, 11) is 0. The Hall–Kier alpha value is 0.480. The van der Waals surface area contributed by atoms with Gasteiger partial charge in [0.2, 0.25) is 0 Å². The fraction of sp³-hybridized carbons (Fsp3) is 1.00. The lowest BCUT2D eigenvalue weighted by atomic mass is 10.0. The van der Waals surface area contributed by atoms with E-state index in [4.69, 9.17) is 0 Å². The molecule has 0 N–H and O–H groups in total. The van der Waals surface area contributed by atoms with Crippen molar-refractivity contribution in [2.45, 2.75) is 104 Å². The Morgan fingerprint density at radius 1 is 0.353 bits per heavy atom. The Morgan fingerprint density at radius 2 is 0.529 bits per heavy atom. The van der Waals surface area contributed by atoms with Crippen molar-refractivity contribution in [3.8, 4) is 0 Å². The zero-order chi connectivity index (χ0) is 11.9. The lowest BCUT2D eigenvalue weighted by molar-refractivity contribution is 0.538. The van der Waals surface area contributed by atoms with Crippen LogP contribution in [0.2, 0.25) is 0 Å². The van der Waals surface area contributed by atoms with Crippen LogP contribution in [0.1, 0.15) is 104 Å². The minimum absolute atomic E-state index is 0. The normalized spacial score (nSPS) is 10.2. The average molecular weight is 307 g/mol. The highest BCUT2D eigenvalue weighted by atomic mass is 79.9. The van der Waals surface area contributed by atoms with Crippen LogP contribution in [0.3, 0.4) is 0 Å². The van der Waals surface area contributed by atoms with Crippen LogP contribution >= 0.6 is 17.0 Å². The molecule has 0 nitrogen and oxygen atoms in total. The highest BCUT2D eigenvalue weighted by molar-refractivity contribution is 8.93. The topological polar surface area (TPSA) is 0 Å². The van der Waals surface area contributed by atoms with E-state index in [1.54, 1.807) is 0 Å². The predicted octanol–water partition coefficient (Wildman–Crippen LogP) is 7.07. The first-order valence-electron chi connectivity index (χ1n) is 7.91. The van der Waals surface area contributed by atoms with Crippen molar-refractivity contribution in [1.29, 1.82) is 0 Å². The minimum atomic E-state index is 0. The first kappa shape index (κ1) is 19.8. The van der Waals surface area contributed by atoms with E-state index in [9.17, 15) is 0 Å². The molecule has 0 aromatic heterocycles. The summed E-state index contributed by atoms with van der Waals surface area (Å²) in [6.07, 6.45) is 20.4. The second-order valence-corrected chi connectivity index (χ2v) is 5.24. The molecular formula is C16H35Br. The molecule has 0 aliphatic heterocycles. The smallest absolute Gasteiger partial charge is 0.0533 e. The van der Waals surface area contributed by atoms with E-state index in [-0.39, 0.29) is 17.0 Å². The van der Waals surface area contributed by atoms with E-state index in [1.807, 2.05) is 0 Å². The molecule has 0 bridgehead atoms. The first-order chi connectivity index (χ1) is 7.91. The summed E-state index contributed by atoms with van der Waals surface area (Å²) in [6.45, 7) is 4.58. The second-order valence-electron chi connectivity index (χ2n) is 5.24. The third kappa shape index (κ3) is 19.0. The molecule has 0 aliphatic rings. The Morgan fingerprint density at radius 3 is 0.706 bits per heavy atom. The Kier molecular flexibility index (Phi) is 21.9. The van der Waals surface area contributed by atoms with Crippen molar-refractivity contribution in [1.82, 2.24) is 0 Å². The Balaban J connectivity index is 0. The van der Waals surface area contributed by atoms with Crippen LogP contribution in [0.4, 0.5) is 0 Å². The summed E-state index contributed by atoms with van der Waals surface area (Å²) in [4.78, 5) is 0. The Bertz CT molecular complexity index is 98.1. The molecule has 0 heterocycles. The SMILES string of the molecule is Br.CCCCCCCCCCCCCCCC. The predicted molar refractivity (Wildman–Crippen MR) is 86.3 cm³/mol. The molecule has 1 heteroatoms. The summed E-state index contributed by atoms with van der Waals surface area (Å²) in [6, 6.07) is 0. The highest BCUT2D eigenvalue weighted by Crippen LogP contribution is 2.12. The summed E-state index contributed by atoms with van der Waals surface area (Å²) < 4.78 is 0. The van der Waals surface area contributed by atoms with Crippen molar-refractivity contribution < 1.29 is 0 Å². The maximum atomic E-state index is 2.29. The van der Waals surface area contributed by atoms with Gasteiger partial charge in [-0.3, -0.25) is 0 Å². The molecule has 0 radical (unpaired) electrons. The van der Waals surface area contributed by atoms with Crippen molar-refractivity contribution in [2.75, 3.05) is 0 Å². The van der Waals surface area contributed by atoms with Crippen molar-refractivity contribution in [3.05, 3.63) is 0 Å². The molecule has 0 unspecified atom stereocenters. The largest absolute Gasteiger partial charge is 0.114 e. The maximum absolute atomic E-state index is 2.29. The van der Waals surface area contributed by atoms with E-state index in [0.29, 0.717) is 0 Å². The molecule has 106 valence electrons. The van der Waals surface area contributed by atoms with Gasteiger partial charge in [0.1, 0.15) is 0 Å². The van der Waals surface area contributed by atoms with E-state index in [0.717, 1.165) is 0 Å². The molecule has 0 aliphatic carbocycles. The van der Waals surface area contributed by atoms with Crippen LogP contribution in [0.5, 0.6) is 0 Å². The first-order valence-corrected chi connectivity index (χ1v) is 7.91. The third-order valence-electron chi connectivity index (χ3n) is 3.46. The van der Waals surface area contributed by atoms with Gasteiger partial charge in [-0.25, -0.2) is 0 Å². The number of rotatable bonds is 13. The molecule has 0 aromatic carbocycles. The number of hydrogen-bond donors (Lipinski definition) is 0. The van der Waals surface area contributed by atoms with Gasteiger partial charge in [0.15, 0.2) is 0 Å². The number of unbranched alkanes of at least 4 members (excludes halogenated alkanes) is 13. The Labute approximate surface area is 121 Å². The fourth-order valence-corrected chi connectivity index (χ4v) is 2.27. The molecule has 0 aromatic rings. The van der Waals surface area contributed by atoms with Crippen molar-refractivity contribution in [3.63, 3.8) is 0 Å². The monoisotopic (exact) mass is 306 g/mol. The van der Waals surface area contributed by atoms with Gasteiger partial charge in [0.25, 0.3) is 0 Å². The van der Waals surface area contributed by atoms with Crippen LogP contribution in [0.15, 0.2) is 0 Å². The van der Waals surface area contributed by atoms with Gasteiger partial charge < -0.3 is 0 Å². The van der Waals surface area contributed by atoms with E-state index in [2.05, 4.69) is 13.8 Å². The molecule has 0 fully saturated rings. The molecule has 17 heavy (non-hydrogen) atoms. The van der Waals surface area contributed by atoms with Gasteiger partial charge in [-0.1, -0.05) is 104 Å². The van der Waals surface area contributed by atoms with Crippen LogP contribution < -0.4 is 0 Å². The molecule has 0 rings (SSSR count). The van der Waals surface area contributed by atoms with Crippen molar-refractivity contribution >= 4 is 17.0 Å². The van der Waals surface area contributed by atoms with Gasteiger partial charge in [0, 0.05) is 0 Å². The van der Waals surface area contributed by atoms with Crippen LogP contribution in [0, 0.1) is 0 Å². The second kappa shape index (κ2) is 18.8. The zero-order valence-corrected chi connectivity index (χ0v) is 14.0. The molecule has 0 atom stereocenters. The quantitative estimate of drug-likeness (QED) is 0.319. The number of hydrogen-bond acceptors (Lipinski definition) is 0. The van der Waals surface area contributed by atoms with Gasteiger partial charge in [-0.2, -0.15) is 0 Å². The lowest BCUT2D eigenvalue weighted by Crippen LogP contribution is -1.82. The maximum Gasteiger partial charge on any atom is -0.0533 e. The molecule has 0 saturated heterocycles. The zero-order valence-electron chi connectivity index (χ0n) is 12.3. The highest BCUT2D eigenvalue weighted by Gasteiger charge is 1.92. The average Bonchev–Trinajstić information content (AvgIpc) is 2.31. The minimum Gasteiger partial charge on any atom is -0.114 e. The van der Waals surface area contributed by atoms with Crippen molar-refractivity contribution in [2.24, 2.45) is 0 Å². The molecule has 0 saturated carbocycles. The summed E-state index contributed by atoms with van der Waals surface area (Å²) in [5.41, 5.74) is 0. The third-order valence-corrected chi connectivity index (χ3v) is 3.46. The van der Waals surface area contributed by atoms with E-state index < -0.39 is 0 Å². The van der Waals surface area contributed by atoms with Gasteiger partial charge in [-0.15, -0.1) is 17.0 Å². The van der Waals surface area contributed by atoms with E-state index >= 15 is 0 Å². The lowest BCUT2D eigenvalue weighted by Gasteiger charge is -2.02. The molecule has 0 amide bonds.